The molecule has 29 heavy (non-hydrogen) atoms. The van der Waals surface area contributed by atoms with Gasteiger partial charge in [0.25, 0.3) is 0 Å². The zero-order valence-corrected chi connectivity index (χ0v) is 17.9. The Morgan fingerprint density at radius 1 is 0.621 bits per heavy atom. The van der Waals surface area contributed by atoms with Crippen LogP contribution in [0.3, 0.4) is 0 Å². The van der Waals surface area contributed by atoms with Crippen molar-refractivity contribution in [2.24, 2.45) is 0 Å². The van der Waals surface area contributed by atoms with E-state index in [9.17, 15) is 0 Å². The van der Waals surface area contributed by atoms with Crippen LogP contribution in [-0.2, 0) is 18.3 Å². The van der Waals surface area contributed by atoms with Crippen LogP contribution in [0.15, 0.2) is 84.9 Å². The number of rotatable bonds is 12. The maximum Gasteiger partial charge on any atom is 0.00398 e. The van der Waals surface area contributed by atoms with Crippen molar-refractivity contribution in [2.75, 3.05) is 0 Å². The van der Waals surface area contributed by atoms with Gasteiger partial charge in [-0.1, -0.05) is 130 Å². The van der Waals surface area contributed by atoms with E-state index in [0.29, 0.717) is 0 Å². The Hall–Kier alpha value is -2.34. The van der Waals surface area contributed by atoms with Crippen LogP contribution in [0, 0.1) is 6.07 Å². The van der Waals surface area contributed by atoms with Gasteiger partial charge in [-0.05, 0) is 42.0 Å². The minimum atomic E-state index is 0.0920. The monoisotopic (exact) mass is 383 g/mol. The predicted molar refractivity (Wildman–Crippen MR) is 125 cm³/mol. The van der Waals surface area contributed by atoms with Crippen LogP contribution < -0.4 is 0 Å². The maximum atomic E-state index is 3.61. The van der Waals surface area contributed by atoms with E-state index in [2.05, 4.69) is 97.9 Å². The van der Waals surface area contributed by atoms with Crippen molar-refractivity contribution >= 4 is 0 Å². The van der Waals surface area contributed by atoms with Crippen LogP contribution in [0.1, 0.15) is 68.6 Å². The lowest BCUT2D eigenvalue weighted by molar-refractivity contribution is 0.365. The second-order valence-corrected chi connectivity index (χ2v) is 8.40. The summed E-state index contributed by atoms with van der Waals surface area (Å²) in [6.07, 6.45) is 11.4. The summed E-state index contributed by atoms with van der Waals surface area (Å²) in [4.78, 5) is 0. The van der Waals surface area contributed by atoms with E-state index in [0.717, 1.165) is 12.8 Å². The van der Waals surface area contributed by atoms with Crippen LogP contribution in [-0.4, -0.2) is 0 Å². The highest BCUT2D eigenvalue weighted by molar-refractivity contribution is 5.32. The van der Waals surface area contributed by atoms with Gasteiger partial charge in [0.05, 0.1) is 0 Å². The summed E-state index contributed by atoms with van der Waals surface area (Å²) in [5.41, 5.74) is 4.30. The average Bonchev–Trinajstić information content (AvgIpc) is 2.78. The van der Waals surface area contributed by atoms with Crippen LogP contribution in [0.2, 0.25) is 0 Å². The molecule has 0 bridgehead atoms. The van der Waals surface area contributed by atoms with E-state index in [-0.39, 0.29) is 5.41 Å². The van der Waals surface area contributed by atoms with Crippen LogP contribution in [0.4, 0.5) is 0 Å². The summed E-state index contributed by atoms with van der Waals surface area (Å²) >= 11 is 0. The van der Waals surface area contributed by atoms with Crippen LogP contribution in [0.5, 0.6) is 0 Å². The molecule has 3 aromatic carbocycles. The number of hydrogen-bond acceptors (Lipinski definition) is 0. The Bertz CT molecular complexity index is 748. The van der Waals surface area contributed by atoms with Gasteiger partial charge >= 0.3 is 0 Å². The first-order chi connectivity index (χ1) is 14.3. The molecule has 151 valence electrons. The van der Waals surface area contributed by atoms with Gasteiger partial charge < -0.3 is 0 Å². The molecule has 0 saturated carbocycles. The SMILES string of the molecule is CCCCCCCCC(Cc1ccccc1)(Cc1ccccc1)c1[c]cccc1. The summed E-state index contributed by atoms with van der Waals surface area (Å²) in [5.74, 6) is 0. The summed E-state index contributed by atoms with van der Waals surface area (Å²) < 4.78 is 0. The molecule has 0 aromatic heterocycles. The third kappa shape index (κ3) is 6.60. The fourth-order valence-corrected chi connectivity index (χ4v) is 4.50. The fourth-order valence-electron chi connectivity index (χ4n) is 4.50. The molecule has 0 saturated heterocycles. The molecule has 0 aliphatic heterocycles. The molecule has 0 fully saturated rings. The molecule has 0 N–H and O–H groups in total. The van der Waals surface area contributed by atoms with Gasteiger partial charge in [-0.2, -0.15) is 0 Å². The van der Waals surface area contributed by atoms with Gasteiger partial charge in [-0.25, -0.2) is 0 Å². The summed E-state index contributed by atoms with van der Waals surface area (Å²) in [7, 11) is 0. The Morgan fingerprint density at radius 3 is 1.72 bits per heavy atom. The molecule has 0 heterocycles. The molecule has 0 atom stereocenters. The molecule has 0 nitrogen and oxygen atoms in total. The first-order valence-corrected chi connectivity index (χ1v) is 11.4. The number of hydrogen-bond donors (Lipinski definition) is 0. The molecule has 0 aliphatic carbocycles. The molecular weight excluding hydrogens is 348 g/mol. The lowest BCUT2D eigenvalue weighted by Crippen LogP contribution is -2.32. The molecule has 0 aliphatic rings. The van der Waals surface area contributed by atoms with E-state index >= 15 is 0 Å². The van der Waals surface area contributed by atoms with Gasteiger partial charge in [0.1, 0.15) is 0 Å². The Morgan fingerprint density at radius 2 is 1.17 bits per heavy atom. The summed E-state index contributed by atoms with van der Waals surface area (Å²) in [6, 6.07) is 34.3. The zero-order valence-electron chi connectivity index (χ0n) is 17.9. The highest BCUT2D eigenvalue weighted by Crippen LogP contribution is 2.37. The Balaban J connectivity index is 1.87. The molecule has 0 spiro atoms. The Kier molecular flexibility index (Phi) is 8.56. The molecule has 0 unspecified atom stereocenters. The van der Waals surface area contributed by atoms with E-state index in [1.165, 1.54) is 61.6 Å². The molecule has 1 radical (unpaired) electrons. The molecule has 3 rings (SSSR count). The first kappa shape index (κ1) is 21.4. The lowest BCUT2D eigenvalue weighted by atomic mass is 9.68. The van der Waals surface area contributed by atoms with Crippen molar-refractivity contribution in [3.05, 3.63) is 108 Å². The highest BCUT2D eigenvalue weighted by atomic mass is 14.4. The van der Waals surface area contributed by atoms with Crippen molar-refractivity contribution in [1.82, 2.24) is 0 Å². The summed E-state index contributed by atoms with van der Waals surface area (Å²) in [6.45, 7) is 2.29. The highest BCUT2D eigenvalue weighted by Gasteiger charge is 2.32. The second-order valence-electron chi connectivity index (χ2n) is 8.40. The smallest absolute Gasteiger partial charge is 0.00398 e. The van der Waals surface area contributed by atoms with Crippen molar-refractivity contribution in [3.8, 4) is 0 Å². The minimum Gasteiger partial charge on any atom is -0.0654 e. The standard InChI is InChI=1S/C29H35/c1-2-3-4-5-6-16-23-29(28-21-14-9-15-22-28,24-26-17-10-7-11-18-26)25-27-19-12-8-13-20-27/h7-15,17-21H,2-6,16,23-25H2,1H3. The van der Waals surface area contributed by atoms with Crippen LogP contribution >= 0.6 is 0 Å². The molecule has 3 aromatic rings. The second kappa shape index (κ2) is 11.6. The molecule has 0 heteroatoms. The van der Waals surface area contributed by atoms with Crippen LogP contribution in [0.25, 0.3) is 0 Å². The van der Waals surface area contributed by atoms with Gasteiger partial charge in [0.2, 0.25) is 0 Å². The van der Waals surface area contributed by atoms with Crippen molar-refractivity contribution < 1.29 is 0 Å². The minimum absolute atomic E-state index is 0.0920. The van der Waals surface area contributed by atoms with Crippen molar-refractivity contribution in [2.45, 2.75) is 70.1 Å². The fraction of sp³-hybridized carbons (Fsp3) is 0.379. The maximum absolute atomic E-state index is 3.61. The quantitative estimate of drug-likeness (QED) is 0.278. The summed E-state index contributed by atoms with van der Waals surface area (Å²) in [5, 5.41) is 0. The zero-order chi connectivity index (χ0) is 20.2. The van der Waals surface area contributed by atoms with E-state index in [1.807, 2.05) is 0 Å². The Labute approximate surface area is 178 Å². The molecular formula is C29H35. The van der Waals surface area contributed by atoms with Gasteiger partial charge in [-0.15, -0.1) is 0 Å². The van der Waals surface area contributed by atoms with Crippen molar-refractivity contribution in [1.29, 1.82) is 0 Å². The third-order valence-electron chi connectivity index (χ3n) is 6.06. The average molecular weight is 384 g/mol. The van der Waals surface area contributed by atoms with Gasteiger partial charge in [0, 0.05) is 5.41 Å². The molecule has 0 amide bonds. The normalized spacial score (nSPS) is 11.5. The topological polar surface area (TPSA) is 0 Å². The number of benzene rings is 3. The third-order valence-corrected chi connectivity index (χ3v) is 6.06. The predicted octanol–water partition coefficient (Wildman–Crippen LogP) is 7.96. The number of unbranched alkanes of at least 4 members (excludes halogenated alkanes) is 5. The van der Waals surface area contributed by atoms with Crippen molar-refractivity contribution in [3.63, 3.8) is 0 Å². The van der Waals surface area contributed by atoms with Gasteiger partial charge in [0.15, 0.2) is 0 Å². The largest absolute Gasteiger partial charge is 0.0654 e. The van der Waals surface area contributed by atoms with E-state index in [1.54, 1.807) is 0 Å². The first-order valence-electron chi connectivity index (χ1n) is 11.4. The van der Waals surface area contributed by atoms with Gasteiger partial charge in [-0.3, -0.25) is 0 Å². The van der Waals surface area contributed by atoms with E-state index < -0.39 is 0 Å². The lowest BCUT2D eigenvalue weighted by Gasteiger charge is -2.35. The van der Waals surface area contributed by atoms with E-state index in [4.69, 9.17) is 0 Å².